The largest absolute Gasteiger partial charge is 0.469 e. The molecule has 0 aliphatic rings. The fourth-order valence-electron chi connectivity index (χ4n) is 3.14. The summed E-state index contributed by atoms with van der Waals surface area (Å²) in [6.45, 7) is 4.18. The molecule has 0 saturated carbocycles. The first-order valence-electron chi connectivity index (χ1n) is 9.40. The third kappa shape index (κ3) is 4.14. The van der Waals surface area contributed by atoms with Gasteiger partial charge in [0.05, 0.1) is 24.1 Å². The first-order chi connectivity index (χ1) is 14.0. The highest BCUT2D eigenvalue weighted by Crippen LogP contribution is 2.34. The molecule has 0 unspecified atom stereocenters. The SMILES string of the molecule is COC(=O)Cc1cn2cc(-c3cnc(NC(C)C)s3)cc(-c3ccccc3)c2n1. The summed E-state index contributed by atoms with van der Waals surface area (Å²) >= 11 is 1.62. The molecule has 1 aromatic carbocycles. The quantitative estimate of drug-likeness (QED) is 0.472. The van der Waals surface area contributed by atoms with Gasteiger partial charge in [0.15, 0.2) is 5.13 Å². The monoisotopic (exact) mass is 406 g/mol. The Morgan fingerprint density at radius 3 is 2.72 bits per heavy atom. The summed E-state index contributed by atoms with van der Waals surface area (Å²) in [5.41, 5.74) is 4.61. The van der Waals surface area contributed by atoms with E-state index in [0.717, 1.165) is 32.3 Å². The molecule has 3 aromatic heterocycles. The van der Waals surface area contributed by atoms with Crippen LogP contribution in [0.25, 0.3) is 27.2 Å². The van der Waals surface area contributed by atoms with E-state index in [1.807, 2.05) is 41.2 Å². The van der Waals surface area contributed by atoms with Gasteiger partial charge in [0.2, 0.25) is 0 Å². The normalized spacial score (nSPS) is 11.2. The molecule has 29 heavy (non-hydrogen) atoms. The van der Waals surface area contributed by atoms with Crippen molar-refractivity contribution >= 4 is 28.1 Å². The second-order valence-electron chi connectivity index (χ2n) is 7.05. The summed E-state index contributed by atoms with van der Waals surface area (Å²) in [7, 11) is 1.39. The van der Waals surface area contributed by atoms with Gasteiger partial charge in [-0.25, -0.2) is 9.97 Å². The van der Waals surface area contributed by atoms with Crippen molar-refractivity contribution in [2.24, 2.45) is 0 Å². The standard InChI is InChI=1S/C22H22N4O2S/c1-14(2)24-22-23-11-19(29-22)16-9-18(15-7-5-4-6-8-15)21-25-17(10-20(27)28-3)13-26(21)12-16/h4-9,11-14H,10H2,1-3H3,(H,23,24). The second kappa shape index (κ2) is 8.05. The molecule has 7 heteroatoms. The van der Waals surface area contributed by atoms with Crippen molar-refractivity contribution in [2.75, 3.05) is 12.4 Å². The number of imidazole rings is 1. The number of methoxy groups -OCH3 is 1. The van der Waals surface area contributed by atoms with E-state index in [4.69, 9.17) is 9.72 Å². The molecule has 0 aliphatic heterocycles. The van der Waals surface area contributed by atoms with Crippen LogP contribution in [-0.4, -0.2) is 33.5 Å². The number of esters is 1. The van der Waals surface area contributed by atoms with Gasteiger partial charge in [0.1, 0.15) is 5.65 Å². The molecule has 0 amide bonds. The summed E-state index contributed by atoms with van der Waals surface area (Å²) in [6.07, 6.45) is 5.95. The Morgan fingerprint density at radius 2 is 2.00 bits per heavy atom. The molecular weight excluding hydrogens is 384 g/mol. The van der Waals surface area contributed by atoms with Crippen molar-refractivity contribution in [3.63, 3.8) is 0 Å². The van der Waals surface area contributed by atoms with Gasteiger partial charge in [-0.3, -0.25) is 4.79 Å². The van der Waals surface area contributed by atoms with Crippen LogP contribution in [0.4, 0.5) is 5.13 Å². The molecule has 6 nitrogen and oxygen atoms in total. The Morgan fingerprint density at radius 1 is 1.21 bits per heavy atom. The van der Waals surface area contributed by atoms with Crippen molar-refractivity contribution in [1.82, 2.24) is 14.4 Å². The van der Waals surface area contributed by atoms with Crippen LogP contribution in [0.5, 0.6) is 0 Å². The number of hydrogen-bond donors (Lipinski definition) is 1. The first kappa shape index (κ1) is 19.1. The Hall–Kier alpha value is -3.19. The predicted octanol–water partition coefficient (Wildman–Crippen LogP) is 4.66. The third-order valence-corrected chi connectivity index (χ3v) is 5.42. The molecule has 4 aromatic rings. The number of pyridine rings is 1. The van der Waals surface area contributed by atoms with Gasteiger partial charge in [-0.15, -0.1) is 0 Å². The van der Waals surface area contributed by atoms with Crippen molar-refractivity contribution < 1.29 is 9.53 Å². The van der Waals surface area contributed by atoms with E-state index in [2.05, 4.69) is 42.3 Å². The van der Waals surface area contributed by atoms with Crippen molar-refractivity contribution in [3.05, 3.63) is 60.7 Å². The number of ether oxygens (including phenoxy) is 1. The number of anilines is 1. The molecular formula is C22H22N4O2S. The number of rotatable bonds is 6. The van der Waals surface area contributed by atoms with E-state index in [9.17, 15) is 4.79 Å². The lowest BCUT2D eigenvalue weighted by Gasteiger charge is -2.08. The summed E-state index contributed by atoms with van der Waals surface area (Å²) < 4.78 is 6.77. The average Bonchev–Trinajstić information content (AvgIpc) is 3.33. The van der Waals surface area contributed by atoms with Crippen LogP contribution in [-0.2, 0) is 16.0 Å². The highest BCUT2D eigenvalue weighted by Gasteiger charge is 2.15. The topological polar surface area (TPSA) is 68.5 Å². The molecule has 0 bridgehead atoms. The molecule has 0 aliphatic carbocycles. The lowest BCUT2D eigenvalue weighted by atomic mass is 10.0. The Bertz CT molecular complexity index is 1150. The lowest BCUT2D eigenvalue weighted by molar-refractivity contribution is -0.139. The zero-order chi connectivity index (χ0) is 20.4. The van der Waals surface area contributed by atoms with Crippen LogP contribution in [0.1, 0.15) is 19.5 Å². The van der Waals surface area contributed by atoms with Crippen LogP contribution in [0.2, 0.25) is 0 Å². The van der Waals surface area contributed by atoms with Crippen molar-refractivity contribution in [3.8, 4) is 21.6 Å². The zero-order valence-corrected chi connectivity index (χ0v) is 17.4. The van der Waals surface area contributed by atoms with Crippen LogP contribution < -0.4 is 5.32 Å². The van der Waals surface area contributed by atoms with E-state index >= 15 is 0 Å². The van der Waals surface area contributed by atoms with Crippen LogP contribution in [0.3, 0.4) is 0 Å². The second-order valence-corrected chi connectivity index (χ2v) is 8.08. The van der Waals surface area contributed by atoms with Gasteiger partial charge in [0, 0.05) is 35.8 Å². The van der Waals surface area contributed by atoms with Crippen LogP contribution >= 0.6 is 11.3 Å². The molecule has 3 heterocycles. The Labute approximate surface area is 173 Å². The predicted molar refractivity (Wildman–Crippen MR) is 116 cm³/mol. The minimum absolute atomic E-state index is 0.144. The summed E-state index contributed by atoms with van der Waals surface area (Å²) in [5.74, 6) is -0.304. The molecule has 0 atom stereocenters. The van der Waals surface area contributed by atoms with Crippen molar-refractivity contribution in [2.45, 2.75) is 26.3 Å². The summed E-state index contributed by atoms with van der Waals surface area (Å²) in [5, 5.41) is 4.24. The summed E-state index contributed by atoms with van der Waals surface area (Å²) in [4.78, 5) is 22.0. The van der Waals surface area contributed by atoms with Gasteiger partial charge in [-0.2, -0.15) is 0 Å². The lowest BCUT2D eigenvalue weighted by Crippen LogP contribution is -2.08. The molecule has 148 valence electrons. The Balaban J connectivity index is 1.83. The maximum absolute atomic E-state index is 11.7. The molecule has 4 rings (SSSR count). The number of benzene rings is 1. The molecule has 0 saturated heterocycles. The Kier molecular flexibility index (Phi) is 5.31. The number of hydrogen-bond acceptors (Lipinski definition) is 6. The number of carbonyl (C=O) groups excluding carboxylic acids is 1. The van der Waals surface area contributed by atoms with E-state index in [1.54, 1.807) is 11.3 Å². The number of aromatic nitrogens is 3. The number of thiazole rings is 1. The number of nitrogens with zero attached hydrogens (tertiary/aromatic N) is 3. The van der Waals surface area contributed by atoms with E-state index < -0.39 is 0 Å². The van der Waals surface area contributed by atoms with Gasteiger partial charge >= 0.3 is 5.97 Å². The van der Waals surface area contributed by atoms with Crippen molar-refractivity contribution in [1.29, 1.82) is 0 Å². The fourth-order valence-corrected chi connectivity index (χ4v) is 4.08. The number of carbonyl (C=O) groups is 1. The minimum Gasteiger partial charge on any atom is -0.469 e. The molecule has 0 spiro atoms. The third-order valence-electron chi connectivity index (χ3n) is 4.44. The molecule has 1 N–H and O–H groups in total. The highest BCUT2D eigenvalue weighted by atomic mass is 32.1. The number of nitrogens with one attached hydrogen (secondary N) is 1. The average molecular weight is 407 g/mol. The van der Waals surface area contributed by atoms with Gasteiger partial charge < -0.3 is 14.5 Å². The van der Waals surface area contributed by atoms with E-state index in [1.165, 1.54) is 7.11 Å². The van der Waals surface area contributed by atoms with Gasteiger partial charge in [0.25, 0.3) is 0 Å². The first-order valence-corrected chi connectivity index (χ1v) is 10.2. The maximum Gasteiger partial charge on any atom is 0.311 e. The fraction of sp³-hybridized carbons (Fsp3) is 0.227. The number of fused-ring (bicyclic) bond motifs is 1. The minimum atomic E-state index is -0.304. The van der Waals surface area contributed by atoms with Gasteiger partial charge in [-0.1, -0.05) is 41.7 Å². The van der Waals surface area contributed by atoms with E-state index in [-0.39, 0.29) is 12.4 Å². The molecule has 0 fully saturated rings. The zero-order valence-electron chi connectivity index (χ0n) is 16.5. The highest BCUT2D eigenvalue weighted by molar-refractivity contribution is 7.18. The van der Waals surface area contributed by atoms with Crippen LogP contribution in [0, 0.1) is 0 Å². The smallest absolute Gasteiger partial charge is 0.311 e. The molecule has 0 radical (unpaired) electrons. The van der Waals surface area contributed by atoms with E-state index in [0.29, 0.717) is 11.7 Å². The van der Waals surface area contributed by atoms with Gasteiger partial charge in [-0.05, 0) is 25.5 Å². The van der Waals surface area contributed by atoms with Crippen LogP contribution in [0.15, 0.2) is 55.0 Å². The summed E-state index contributed by atoms with van der Waals surface area (Å²) in [6, 6.07) is 12.6. The maximum atomic E-state index is 11.7.